The zero-order chi connectivity index (χ0) is 13.3. The van der Waals surface area contributed by atoms with Crippen LogP contribution >= 0.6 is 11.6 Å². The molecule has 1 aliphatic heterocycles. The van der Waals surface area contributed by atoms with Crippen LogP contribution in [0.3, 0.4) is 0 Å². The molecule has 1 aromatic heterocycles. The molecule has 0 spiro atoms. The second-order valence-corrected chi connectivity index (χ2v) is 7.00. The van der Waals surface area contributed by atoms with Gasteiger partial charge < -0.3 is 5.73 Å². The van der Waals surface area contributed by atoms with Crippen LogP contribution in [0.4, 0.5) is 5.69 Å². The van der Waals surface area contributed by atoms with E-state index in [4.69, 9.17) is 17.3 Å². The predicted octanol–water partition coefficient (Wildman–Crippen LogP) is 1.11. The Morgan fingerprint density at radius 2 is 2.11 bits per heavy atom. The second-order valence-electron chi connectivity index (χ2n) is 4.39. The van der Waals surface area contributed by atoms with E-state index in [1.807, 2.05) is 0 Å². The van der Waals surface area contributed by atoms with Gasteiger partial charge in [0.15, 0.2) is 5.15 Å². The molecule has 2 rings (SSSR count). The number of nitrogen functional groups attached to an aromatic ring is 1. The lowest BCUT2D eigenvalue weighted by atomic mass is 10.1. The van der Waals surface area contributed by atoms with Crippen LogP contribution in [-0.2, 0) is 10.0 Å². The largest absolute Gasteiger partial charge is 0.395 e. The highest BCUT2D eigenvalue weighted by Gasteiger charge is 2.28. The highest BCUT2D eigenvalue weighted by molar-refractivity contribution is 7.89. The lowest BCUT2D eigenvalue weighted by Crippen LogP contribution is -2.39. The van der Waals surface area contributed by atoms with Crippen molar-refractivity contribution in [1.29, 1.82) is 0 Å². The Balaban J connectivity index is 2.03. The van der Waals surface area contributed by atoms with Gasteiger partial charge in [-0.1, -0.05) is 11.6 Å². The number of hydrogen-bond acceptors (Lipinski definition) is 4. The molecule has 1 fully saturated rings. The summed E-state index contributed by atoms with van der Waals surface area (Å²) in [7, 11) is -3.08. The summed E-state index contributed by atoms with van der Waals surface area (Å²) in [6, 6.07) is 0.170. The highest BCUT2D eigenvalue weighted by atomic mass is 35.5. The molecule has 0 unspecified atom stereocenters. The van der Waals surface area contributed by atoms with E-state index in [-0.39, 0.29) is 11.8 Å². The molecule has 2 N–H and O–H groups in total. The number of rotatable bonds is 3. The smallest absolute Gasteiger partial charge is 0.213 e. The maximum absolute atomic E-state index is 11.7. The molecule has 1 saturated heterocycles. The van der Waals surface area contributed by atoms with Crippen molar-refractivity contribution in [1.82, 2.24) is 14.1 Å². The van der Waals surface area contributed by atoms with Crippen molar-refractivity contribution >= 4 is 27.3 Å². The van der Waals surface area contributed by atoms with Gasteiger partial charge >= 0.3 is 0 Å². The van der Waals surface area contributed by atoms with Gasteiger partial charge in [-0.2, -0.15) is 5.10 Å². The van der Waals surface area contributed by atoms with Gasteiger partial charge in [0.2, 0.25) is 10.0 Å². The first-order valence-electron chi connectivity index (χ1n) is 5.92. The summed E-state index contributed by atoms with van der Waals surface area (Å²) in [5.41, 5.74) is 6.10. The molecule has 102 valence electrons. The number of nitrogens with zero attached hydrogens (tertiary/aromatic N) is 3. The highest BCUT2D eigenvalue weighted by Crippen LogP contribution is 2.26. The first-order valence-corrected chi connectivity index (χ1v) is 7.90. The van der Waals surface area contributed by atoms with E-state index in [0.29, 0.717) is 23.9 Å². The summed E-state index contributed by atoms with van der Waals surface area (Å²) in [6.45, 7) is 2.71. The van der Waals surface area contributed by atoms with Crippen LogP contribution in [0, 0.1) is 0 Å². The minimum Gasteiger partial charge on any atom is -0.395 e. The fourth-order valence-electron chi connectivity index (χ4n) is 2.14. The summed E-state index contributed by atoms with van der Waals surface area (Å²) in [4.78, 5) is 0. The first kappa shape index (κ1) is 13.6. The molecule has 0 saturated carbocycles. The zero-order valence-corrected chi connectivity index (χ0v) is 11.8. The fraction of sp³-hybridized carbons (Fsp3) is 0.700. The van der Waals surface area contributed by atoms with E-state index < -0.39 is 10.0 Å². The van der Waals surface area contributed by atoms with E-state index in [2.05, 4.69) is 5.10 Å². The van der Waals surface area contributed by atoms with E-state index >= 15 is 0 Å². The number of hydrogen-bond donors (Lipinski definition) is 1. The molecule has 6 nitrogen and oxygen atoms in total. The normalized spacial score (nSPS) is 19.2. The Morgan fingerprint density at radius 3 is 2.56 bits per heavy atom. The minimum absolute atomic E-state index is 0.151. The van der Waals surface area contributed by atoms with Crippen molar-refractivity contribution in [2.24, 2.45) is 0 Å². The maximum Gasteiger partial charge on any atom is 0.213 e. The van der Waals surface area contributed by atoms with Crippen molar-refractivity contribution in [2.75, 3.05) is 24.6 Å². The van der Waals surface area contributed by atoms with Crippen LogP contribution in [0.25, 0.3) is 0 Å². The van der Waals surface area contributed by atoms with Crippen LogP contribution in [0.2, 0.25) is 5.15 Å². The van der Waals surface area contributed by atoms with Crippen molar-refractivity contribution in [3.8, 4) is 0 Å². The quantitative estimate of drug-likeness (QED) is 0.905. The Hall–Kier alpha value is -0.790. The lowest BCUT2D eigenvalue weighted by Gasteiger charge is -2.30. The molecular formula is C10H17ClN4O2S. The Kier molecular flexibility index (Phi) is 3.84. The Labute approximate surface area is 112 Å². The van der Waals surface area contributed by atoms with Gasteiger partial charge in [0.1, 0.15) is 0 Å². The number of piperidine rings is 1. The average molecular weight is 293 g/mol. The van der Waals surface area contributed by atoms with Gasteiger partial charge in [-0.15, -0.1) is 0 Å². The lowest BCUT2D eigenvalue weighted by molar-refractivity contribution is 0.261. The summed E-state index contributed by atoms with van der Waals surface area (Å²) in [5.74, 6) is 0.151. The monoisotopic (exact) mass is 292 g/mol. The summed E-state index contributed by atoms with van der Waals surface area (Å²) in [6.07, 6.45) is 3.17. The van der Waals surface area contributed by atoms with Crippen LogP contribution in [0.1, 0.15) is 25.8 Å². The van der Waals surface area contributed by atoms with Gasteiger partial charge in [-0.05, 0) is 19.8 Å². The topological polar surface area (TPSA) is 81.2 Å². The maximum atomic E-state index is 11.7. The van der Waals surface area contributed by atoms with Gasteiger partial charge in [0.25, 0.3) is 0 Å². The minimum atomic E-state index is -3.08. The molecule has 0 radical (unpaired) electrons. The number of anilines is 1. The molecule has 0 aliphatic carbocycles. The summed E-state index contributed by atoms with van der Waals surface area (Å²) >= 11 is 5.81. The molecule has 1 aromatic rings. The van der Waals surface area contributed by atoms with Crippen molar-refractivity contribution in [3.05, 3.63) is 11.3 Å². The van der Waals surface area contributed by atoms with E-state index in [9.17, 15) is 8.42 Å². The predicted molar refractivity (Wildman–Crippen MR) is 71.0 cm³/mol. The SMILES string of the molecule is CCS(=O)(=O)N1CCC(n2cc(N)c(Cl)n2)CC1. The molecule has 0 aromatic carbocycles. The molecule has 0 atom stereocenters. The third kappa shape index (κ3) is 2.62. The van der Waals surface area contributed by atoms with Crippen LogP contribution in [0.15, 0.2) is 6.20 Å². The first-order chi connectivity index (χ1) is 8.44. The molecule has 1 aliphatic rings. The van der Waals surface area contributed by atoms with Gasteiger partial charge in [-0.3, -0.25) is 4.68 Å². The molecule has 2 heterocycles. The molecule has 18 heavy (non-hydrogen) atoms. The van der Waals surface area contributed by atoms with E-state index in [1.165, 1.54) is 4.31 Å². The van der Waals surface area contributed by atoms with Crippen LogP contribution in [-0.4, -0.2) is 41.3 Å². The van der Waals surface area contributed by atoms with Gasteiger partial charge in [0.05, 0.1) is 17.5 Å². The van der Waals surface area contributed by atoms with Gasteiger partial charge in [-0.25, -0.2) is 12.7 Å². The third-order valence-electron chi connectivity index (χ3n) is 3.27. The fourth-order valence-corrected chi connectivity index (χ4v) is 3.41. The van der Waals surface area contributed by atoms with Crippen molar-refractivity contribution < 1.29 is 8.42 Å². The molecule has 0 amide bonds. The van der Waals surface area contributed by atoms with E-state index in [1.54, 1.807) is 17.8 Å². The summed E-state index contributed by atoms with van der Waals surface area (Å²) < 4.78 is 26.7. The standard InChI is InChI=1S/C10H17ClN4O2S/c1-2-18(16,17)14-5-3-8(4-6-14)15-7-9(12)10(11)13-15/h7-8H,2-6,12H2,1H3. The average Bonchev–Trinajstić information content (AvgIpc) is 2.70. The van der Waals surface area contributed by atoms with E-state index in [0.717, 1.165) is 12.8 Å². The summed E-state index contributed by atoms with van der Waals surface area (Å²) in [5, 5.41) is 4.43. The number of sulfonamides is 1. The third-order valence-corrected chi connectivity index (χ3v) is 5.44. The Bertz CT molecular complexity index is 500. The van der Waals surface area contributed by atoms with Crippen LogP contribution in [0.5, 0.6) is 0 Å². The molecule has 0 bridgehead atoms. The van der Waals surface area contributed by atoms with Crippen molar-refractivity contribution in [3.63, 3.8) is 0 Å². The Morgan fingerprint density at radius 1 is 1.50 bits per heavy atom. The molecule has 8 heteroatoms. The molecular weight excluding hydrogens is 276 g/mol. The number of nitrogens with two attached hydrogens (primary N) is 1. The van der Waals surface area contributed by atoms with Crippen LogP contribution < -0.4 is 5.73 Å². The second kappa shape index (κ2) is 5.07. The van der Waals surface area contributed by atoms with Gasteiger partial charge in [0, 0.05) is 19.3 Å². The number of halogens is 1. The van der Waals surface area contributed by atoms with Crippen molar-refractivity contribution in [2.45, 2.75) is 25.8 Å². The number of aromatic nitrogens is 2. The zero-order valence-electron chi connectivity index (χ0n) is 10.2.